The van der Waals surface area contributed by atoms with Gasteiger partial charge in [0.05, 0.1) is 32.7 Å². The van der Waals surface area contributed by atoms with Crippen molar-refractivity contribution in [3.63, 3.8) is 0 Å². The molecule has 0 radical (unpaired) electrons. The Kier molecular flexibility index (Phi) is 6.07. The van der Waals surface area contributed by atoms with Gasteiger partial charge in [0.2, 0.25) is 0 Å². The van der Waals surface area contributed by atoms with Crippen LogP contribution in [0.3, 0.4) is 0 Å². The molecule has 0 aliphatic carbocycles. The molecule has 0 spiro atoms. The largest absolute Gasteiger partial charge is 0.507 e. The van der Waals surface area contributed by atoms with E-state index in [0.29, 0.717) is 17.9 Å². The maximum absolute atomic E-state index is 11.2. The summed E-state index contributed by atoms with van der Waals surface area (Å²) in [7, 11) is 4.90. The summed E-state index contributed by atoms with van der Waals surface area (Å²) in [5.41, 5.74) is 3.43. The van der Waals surface area contributed by atoms with E-state index in [1.807, 2.05) is 66.7 Å². The van der Waals surface area contributed by atoms with Gasteiger partial charge in [0.1, 0.15) is 11.5 Å². The van der Waals surface area contributed by atoms with Crippen molar-refractivity contribution in [3.05, 3.63) is 83.9 Å². The summed E-state index contributed by atoms with van der Waals surface area (Å²) in [4.78, 5) is 6.09. The second-order valence-electron chi connectivity index (χ2n) is 7.97. The molecule has 6 heteroatoms. The van der Waals surface area contributed by atoms with E-state index in [2.05, 4.69) is 6.07 Å². The molecule has 0 saturated heterocycles. The molecule has 34 heavy (non-hydrogen) atoms. The molecule has 4 aromatic rings. The van der Waals surface area contributed by atoms with Gasteiger partial charge in [-0.25, -0.2) is 0 Å². The van der Waals surface area contributed by atoms with E-state index in [9.17, 15) is 5.11 Å². The van der Waals surface area contributed by atoms with Crippen LogP contribution in [0.5, 0.6) is 23.0 Å². The highest BCUT2D eigenvalue weighted by Crippen LogP contribution is 2.50. The molecule has 0 aromatic heterocycles. The first kappa shape index (κ1) is 22.2. The van der Waals surface area contributed by atoms with Crippen molar-refractivity contribution in [2.75, 3.05) is 21.3 Å². The van der Waals surface area contributed by atoms with Crippen LogP contribution in [0.25, 0.3) is 10.8 Å². The van der Waals surface area contributed by atoms with E-state index >= 15 is 0 Å². The maximum atomic E-state index is 11.2. The summed E-state index contributed by atoms with van der Waals surface area (Å²) >= 11 is 1.73. The maximum Gasteiger partial charge on any atom is 0.164 e. The summed E-state index contributed by atoms with van der Waals surface area (Å²) < 4.78 is 16.8. The summed E-state index contributed by atoms with van der Waals surface area (Å²) in [6.45, 7) is 0. The number of methoxy groups -OCH3 is 3. The van der Waals surface area contributed by atoms with E-state index in [1.165, 1.54) is 0 Å². The number of hydrogen-bond donors (Lipinski definition) is 1. The van der Waals surface area contributed by atoms with Crippen LogP contribution in [0.2, 0.25) is 0 Å². The van der Waals surface area contributed by atoms with Crippen LogP contribution in [0.15, 0.2) is 82.7 Å². The monoisotopic (exact) mass is 471 g/mol. The smallest absolute Gasteiger partial charge is 0.164 e. The molecule has 4 aromatic carbocycles. The number of aromatic hydroxyl groups is 1. The van der Waals surface area contributed by atoms with Crippen molar-refractivity contribution < 1.29 is 19.3 Å². The molecule has 1 atom stereocenters. The van der Waals surface area contributed by atoms with Crippen molar-refractivity contribution in [3.8, 4) is 23.0 Å². The standard InChI is InChI=1S/C28H25NO4S/c1-31-23-16-25(33-3)24(32-2)14-20(23)27-15-22(29-21-10-6-7-11-26(21)34-27)19-13-12-17-8-4-5-9-18(17)28(19)30/h4-14,16,27,30H,15H2,1-3H3. The number of para-hydroxylation sites is 1. The fourth-order valence-electron chi connectivity index (χ4n) is 4.35. The molecule has 0 amide bonds. The topological polar surface area (TPSA) is 60.3 Å². The molecule has 0 fully saturated rings. The van der Waals surface area contributed by atoms with Crippen LogP contribution in [-0.4, -0.2) is 32.1 Å². The van der Waals surface area contributed by atoms with Gasteiger partial charge in [0.15, 0.2) is 11.5 Å². The Labute approximate surface area is 203 Å². The quantitative estimate of drug-likeness (QED) is 0.342. The van der Waals surface area contributed by atoms with E-state index in [4.69, 9.17) is 19.2 Å². The lowest BCUT2D eigenvalue weighted by atomic mass is 9.97. The summed E-state index contributed by atoms with van der Waals surface area (Å²) in [5.74, 6) is 2.22. The Morgan fingerprint density at radius 3 is 2.32 bits per heavy atom. The van der Waals surface area contributed by atoms with Gasteiger partial charge < -0.3 is 19.3 Å². The highest BCUT2D eigenvalue weighted by Gasteiger charge is 2.28. The van der Waals surface area contributed by atoms with Gasteiger partial charge in [0.25, 0.3) is 0 Å². The van der Waals surface area contributed by atoms with Crippen LogP contribution in [0.4, 0.5) is 5.69 Å². The normalized spacial score (nSPS) is 15.3. The highest BCUT2D eigenvalue weighted by atomic mass is 32.2. The second-order valence-corrected chi connectivity index (χ2v) is 9.21. The number of aliphatic imine (C=N–C) groups is 1. The molecule has 1 N–H and O–H groups in total. The van der Waals surface area contributed by atoms with E-state index < -0.39 is 0 Å². The van der Waals surface area contributed by atoms with Crippen LogP contribution in [0.1, 0.15) is 22.8 Å². The van der Waals surface area contributed by atoms with Gasteiger partial charge in [-0.3, -0.25) is 4.99 Å². The van der Waals surface area contributed by atoms with Crippen LogP contribution in [-0.2, 0) is 0 Å². The number of benzene rings is 4. The third-order valence-corrected chi connectivity index (χ3v) is 7.37. The lowest BCUT2D eigenvalue weighted by Crippen LogP contribution is -2.08. The molecule has 1 aliphatic heterocycles. The first-order chi connectivity index (χ1) is 16.6. The number of phenolic OH excluding ortho intramolecular Hbond substituents is 1. The zero-order valence-electron chi connectivity index (χ0n) is 19.2. The molecule has 172 valence electrons. The summed E-state index contributed by atoms with van der Waals surface area (Å²) in [5, 5.41) is 13.0. The minimum atomic E-state index is -0.0250. The van der Waals surface area contributed by atoms with E-state index in [1.54, 1.807) is 33.1 Å². The third kappa shape index (κ3) is 3.94. The Balaban J connectivity index is 1.67. The zero-order valence-corrected chi connectivity index (χ0v) is 20.1. The van der Waals surface area contributed by atoms with Gasteiger partial charge in [-0.05, 0) is 29.7 Å². The molecule has 1 heterocycles. The molecule has 0 bridgehead atoms. The minimum Gasteiger partial charge on any atom is -0.507 e. The number of nitrogens with zero attached hydrogens (tertiary/aromatic N) is 1. The molecule has 1 aliphatic rings. The van der Waals surface area contributed by atoms with Crippen LogP contribution >= 0.6 is 11.8 Å². The Morgan fingerprint density at radius 1 is 0.824 bits per heavy atom. The van der Waals surface area contributed by atoms with Gasteiger partial charge in [-0.15, -0.1) is 11.8 Å². The fourth-order valence-corrected chi connectivity index (χ4v) is 5.60. The van der Waals surface area contributed by atoms with E-state index in [-0.39, 0.29) is 11.0 Å². The third-order valence-electron chi connectivity index (χ3n) is 6.06. The second kappa shape index (κ2) is 9.31. The minimum absolute atomic E-state index is 0.0250. The average molecular weight is 472 g/mol. The van der Waals surface area contributed by atoms with Crippen molar-refractivity contribution >= 4 is 33.9 Å². The average Bonchev–Trinajstić information content (AvgIpc) is 3.07. The van der Waals surface area contributed by atoms with Crippen molar-refractivity contribution in [1.29, 1.82) is 0 Å². The predicted octanol–water partition coefficient (Wildman–Crippen LogP) is 6.93. The first-order valence-corrected chi connectivity index (χ1v) is 11.8. The lowest BCUT2D eigenvalue weighted by molar-refractivity contribution is 0.347. The SMILES string of the molecule is COc1cc(OC)c(C2CC(c3ccc4ccccc4c3O)=Nc3ccccc3S2)cc1OC. The zero-order chi connectivity index (χ0) is 23.7. The van der Waals surface area contributed by atoms with Gasteiger partial charge in [0, 0.05) is 39.1 Å². The molecule has 1 unspecified atom stereocenters. The number of rotatable bonds is 5. The van der Waals surface area contributed by atoms with Crippen LogP contribution < -0.4 is 14.2 Å². The van der Waals surface area contributed by atoms with Crippen molar-refractivity contribution in [2.24, 2.45) is 4.99 Å². The van der Waals surface area contributed by atoms with Crippen LogP contribution in [0, 0.1) is 0 Å². The van der Waals surface area contributed by atoms with Gasteiger partial charge in [-0.1, -0.05) is 42.5 Å². The number of phenols is 1. The molecule has 5 nitrogen and oxygen atoms in total. The molecule has 0 saturated carbocycles. The summed E-state index contributed by atoms with van der Waals surface area (Å²) in [6.07, 6.45) is 0.594. The Morgan fingerprint density at radius 2 is 1.53 bits per heavy atom. The lowest BCUT2D eigenvalue weighted by Gasteiger charge is -2.21. The number of fused-ring (bicyclic) bond motifs is 2. The Bertz CT molecular complexity index is 1400. The summed E-state index contributed by atoms with van der Waals surface area (Å²) in [6, 6.07) is 23.7. The molecule has 5 rings (SSSR count). The number of thioether (sulfide) groups is 1. The first-order valence-electron chi connectivity index (χ1n) is 11.0. The van der Waals surface area contributed by atoms with Gasteiger partial charge >= 0.3 is 0 Å². The number of ether oxygens (including phenoxy) is 3. The van der Waals surface area contributed by atoms with E-state index in [0.717, 1.165) is 43.9 Å². The fraction of sp³-hybridized carbons (Fsp3) is 0.179. The molecular formula is C28H25NO4S. The van der Waals surface area contributed by atoms with Gasteiger partial charge in [-0.2, -0.15) is 0 Å². The molecular weight excluding hydrogens is 446 g/mol. The van der Waals surface area contributed by atoms with Crippen molar-refractivity contribution in [2.45, 2.75) is 16.6 Å². The predicted molar refractivity (Wildman–Crippen MR) is 138 cm³/mol. The van der Waals surface area contributed by atoms with Crippen molar-refractivity contribution in [1.82, 2.24) is 0 Å². The highest BCUT2D eigenvalue weighted by molar-refractivity contribution is 7.99. The Hall–Kier alpha value is -3.64. The number of hydrogen-bond acceptors (Lipinski definition) is 6.